The molecule has 0 saturated carbocycles. The molecule has 2 rings (SSSR count). The average molecular weight is 121 g/mol. The van der Waals surface area contributed by atoms with Gasteiger partial charge in [0, 0.05) is 0 Å². The highest BCUT2D eigenvalue weighted by molar-refractivity contribution is 5.94. The summed E-state index contributed by atoms with van der Waals surface area (Å²) in [5, 5.41) is 3.08. The fourth-order valence-corrected chi connectivity index (χ4v) is 0.908. The Morgan fingerprint density at radius 3 is 3.00 bits per heavy atom. The highest BCUT2D eigenvalue weighted by Crippen LogP contribution is 2.45. The van der Waals surface area contributed by atoms with E-state index in [0.717, 1.165) is 11.4 Å². The lowest BCUT2D eigenvalue weighted by Crippen LogP contribution is -1.77. The second-order valence-corrected chi connectivity index (χ2v) is 2.01. The van der Waals surface area contributed by atoms with Gasteiger partial charge in [-0.3, -0.25) is 0 Å². The van der Waals surface area contributed by atoms with Gasteiger partial charge in [-0.2, -0.15) is 0 Å². The smallest absolute Gasteiger partial charge is 0.144 e. The highest BCUT2D eigenvalue weighted by atomic mass is 16.5. The molecule has 2 nitrogen and oxygen atoms in total. The van der Waals surface area contributed by atoms with Crippen molar-refractivity contribution in [2.75, 3.05) is 12.4 Å². The Balaban J connectivity index is 2.51. The molecular weight excluding hydrogens is 114 g/mol. The van der Waals surface area contributed by atoms with Crippen LogP contribution in [0.3, 0.4) is 0 Å². The molecule has 1 N–H and O–H groups in total. The molecule has 9 heavy (non-hydrogen) atoms. The molecule has 0 atom stereocenters. The summed E-state index contributed by atoms with van der Waals surface area (Å²) < 4.78 is 5.03. The molecule has 2 heteroatoms. The van der Waals surface area contributed by atoms with Gasteiger partial charge < -0.3 is 10.1 Å². The predicted molar refractivity (Wildman–Crippen MR) is 36.3 cm³/mol. The van der Waals surface area contributed by atoms with Crippen molar-refractivity contribution in [3.05, 3.63) is 18.2 Å². The quantitative estimate of drug-likeness (QED) is 0.583. The van der Waals surface area contributed by atoms with Crippen LogP contribution in [0.2, 0.25) is 0 Å². The Morgan fingerprint density at radius 1 is 1.44 bits per heavy atom. The van der Waals surface area contributed by atoms with Crippen molar-refractivity contribution in [2.24, 2.45) is 0 Å². The summed E-state index contributed by atoms with van der Waals surface area (Å²) in [6.07, 6.45) is 0. The van der Waals surface area contributed by atoms with Gasteiger partial charge in [0.05, 0.1) is 12.8 Å². The van der Waals surface area contributed by atoms with Crippen LogP contribution in [0.25, 0.3) is 0 Å². The zero-order chi connectivity index (χ0) is 6.27. The van der Waals surface area contributed by atoms with Crippen molar-refractivity contribution in [1.29, 1.82) is 0 Å². The molecule has 1 aliphatic heterocycles. The molecule has 0 aliphatic carbocycles. The first-order chi connectivity index (χ1) is 4.42. The van der Waals surface area contributed by atoms with Gasteiger partial charge in [-0.05, 0) is 12.1 Å². The van der Waals surface area contributed by atoms with Gasteiger partial charge in [0.2, 0.25) is 0 Å². The van der Waals surface area contributed by atoms with E-state index in [1.165, 1.54) is 5.69 Å². The van der Waals surface area contributed by atoms with Gasteiger partial charge in [0.15, 0.2) is 0 Å². The molecule has 1 heterocycles. The summed E-state index contributed by atoms with van der Waals surface area (Å²) in [5.41, 5.74) is 2.33. The first kappa shape index (κ1) is 4.68. The summed E-state index contributed by atoms with van der Waals surface area (Å²) in [6.45, 7) is 0. The standard InChI is InChI=1S/C7H7NO/c1-9-6-4-2-3-5-7(6)8-5/h2-4,8H,1H3. The van der Waals surface area contributed by atoms with Gasteiger partial charge in [0.25, 0.3) is 0 Å². The van der Waals surface area contributed by atoms with E-state index in [9.17, 15) is 0 Å². The highest BCUT2D eigenvalue weighted by Gasteiger charge is 2.19. The third-order valence-electron chi connectivity index (χ3n) is 1.44. The Kier molecular flexibility index (Phi) is 0.730. The Morgan fingerprint density at radius 2 is 2.33 bits per heavy atom. The third kappa shape index (κ3) is 0.560. The molecule has 1 aliphatic rings. The number of hydrogen-bond acceptors (Lipinski definition) is 2. The molecule has 0 saturated heterocycles. The molecular formula is C7H7NO. The van der Waals surface area contributed by atoms with Crippen LogP contribution in [0.15, 0.2) is 18.2 Å². The van der Waals surface area contributed by atoms with Gasteiger partial charge >= 0.3 is 0 Å². The van der Waals surface area contributed by atoms with Gasteiger partial charge in [-0.25, -0.2) is 0 Å². The van der Waals surface area contributed by atoms with E-state index in [1.807, 2.05) is 18.2 Å². The van der Waals surface area contributed by atoms with Crippen molar-refractivity contribution < 1.29 is 4.74 Å². The van der Waals surface area contributed by atoms with Crippen LogP contribution < -0.4 is 10.1 Å². The van der Waals surface area contributed by atoms with E-state index in [1.54, 1.807) is 7.11 Å². The molecule has 0 unspecified atom stereocenters. The van der Waals surface area contributed by atoms with Crippen molar-refractivity contribution in [2.45, 2.75) is 0 Å². The van der Waals surface area contributed by atoms with E-state index in [2.05, 4.69) is 5.32 Å². The molecule has 1 aromatic rings. The first-order valence-corrected chi connectivity index (χ1v) is 2.86. The fraction of sp³-hybridized carbons (Fsp3) is 0.143. The Bertz CT molecular complexity index is 245. The molecule has 0 amide bonds. The number of fused-ring (bicyclic) bond motifs is 1. The van der Waals surface area contributed by atoms with Crippen LogP contribution in [-0.2, 0) is 0 Å². The first-order valence-electron chi connectivity index (χ1n) is 2.86. The number of rotatable bonds is 1. The third-order valence-corrected chi connectivity index (χ3v) is 1.44. The monoisotopic (exact) mass is 121 g/mol. The van der Waals surface area contributed by atoms with Gasteiger partial charge in [0.1, 0.15) is 11.4 Å². The van der Waals surface area contributed by atoms with Crippen molar-refractivity contribution in [3.63, 3.8) is 0 Å². The minimum absolute atomic E-state index is 0.938. The zero-order valence-corrected chi connectivity index (χ0v) is 5.14. The number of methoxy groups -OCH3 is 1. The zero-order valence-electron chi connectivity index (χ0n) is 5.14. The number of benzene rings is 1. The maximum Gasteiger partial charge on any atom is 0.144 e. The lowest BCUT2D eigenvalue weighted by Gasteiger charge is -1.92. The summed E-state index contributed by atoms with van der Waals surface area (Å²) >= 11 is 0. The molecule has 0 fully saturated rings. The molecule has 0 spiro atoms. The Labute approximate surface area is 53.5 Å². The predicted octanol–water partition coefficient (Wildman–Crippen LogP) is 1.75. The molecule has 0 radical (unpaired) electrons. The maximum absolute atomic E-state index is 5.03. The number of anilines is 2. The largest absolute Gasteiger partial charge is 0.494 e. The van der Waals surface area contributed by atoms with Crippen LogP contribution in [0, 0.1) is 0 Å². The van der Waals surface area contributed by atoms with Crippen molar-refractivity contribution >= 4 is 11.4 Å². The van der Waals surface area contributed by atoms with Crippen LogP contribution in [0.1, 0.15) is 0 Å². The molecule has 0 bridgehead atoms. The van der Waals surface area contributed by atoms with Crippen LogP contribution in [0.4, 0.5) is 11.4 Å². The molecule has 1 aromatic carbocycles. The second kappa shape index (κ2) is 1.41. The maximum atomic E-state index is 5.03. The summed E-state index contributed by atoms with van der Waals surface area (Å²) in [4.78, 5) is 0. The number of hydrogen-bond donors (Lipinski definition) is 1. The SMILES string of the molecule is COc1cccc2c1N2. The van der Waals surface area contributed by atoms with E-state index in [4.69, 9.17) is 4.74 Å². The minimum atomic E-state index is 0.938. The minimum Gasteiger partial charge on any atom is -0.494 e. The Hall–Kier alpha value is -1.18. The molecule has 0 aromatic heterocycles. The number of para-hydroxylation sites is 1. The van der Waals surface area contributed by atoms with Crippen molar-refractivity contribution in [1.82, 2.24) is 0 Å². The second-order valence-electron chi connectivity index (χ2n) is 2.01. The average Bonchev–Trinajstić information content (AvgIpc) is 2.64. The topological polar surface area (TPSA) is 31.2 Å². The number of ether oxygens (including phenoxy) is 1. The van der Waals surface area contributed by atoms with E-state index in [0.29, 0.717) is 0 Å². The van der Waals surface area contributed by atoms with E-state index < -0.39 is 0 Å². The van der Waals surface area contributed by atoms with Crippen LogP contribution in [-0.4, -0.2) is 7.11 Å². The summed E-state index contributed by atoms with van der Waals surface area (Å²) in [6, 6.07) is 5.94. The van der Waals surface area contributed by atoms with E-state index >= 15 is 0 Å². The van der Waals surface area contributed by atoms with Crippen LogP contribution in [0.5, 0.6) is 5.75 Å². The van der Waals surface area contributed by atoms with Gasteiger partial charge in [-0.1, -0.05) is 6.07 Å². The summed E-state index contributed by atoms with van der Waals surface area (Å²) in [5.74, 6) is 0.938. The van der Waals surface area contributed by atoms with Crippen LogP contribution >= 0.6 is 0 Å². The van der Waals surface area contributed by atoms with E-state index in [-0.39, 0.29) is 0 Å². The normalized spacial score (nSPS) is 11.7. The summed E-state index contributed by atoms with van der Waals surface area (Å²) in [7, 11) is 1.68. The fourth-order valence-electron chi connectivity index (χ4n) is 0.908. The molecule has 46 valence electrons. The van der Waals surface area contributed by atoms with Crippen molar-refractivity contribution in [3.8, 4) is 5.75 Å². The number of nitrogens with one attached hydrogen (secondary N) is 1. The lowest BCUT2D eigenvalue weighted by atomic mass is 10.3. The lowest BCUT2D eigenvalue weighted by molar-refractivity contribution is 0.418. The van der Waals surface area contributed by atoms with Gasteiger partial charge in [-0.15, -0.1) is 0 Å².